The molecule has 0 saturated carbocycles. The summed E-state index contributed by atoms with van der Waals surface area (Å²) in [6, 6.07) is 1.71. The number of nitro groups is 1. The summed E-state index contributed by atoms with van der Waals surface area (Å²) in [7, 11) is 0. The van der Waals surface area contributed by atoms with Crippen LogP contribution in [0.5, 0.6) is 0 Å². The van der Waals surface area contributed by atoms with E-state index in [4.69, 9.17) is 4.98 Å². The van der Waals surface area contributed by atoms with Gasteiger partial charge in [-0.2, -0.15) is 0 Å². The number of hydrogen-bond donors (Lipinski definition) is 1. The molecule has 2 heterocycles. The van der Waals surface area contributed by atoms with Crippen LogP contribution in [0.3, 0.4) is 0 Å². The Bertz CT molecular complexity index is 675. The Morgan fingerprint density at radius 2 is 2.23 bits per heavy atom. The molecule has 2 aromatic heterocycles. The second-order valence-corrected chi connectivity index (χ2v) is 6.64. The third-order valence-electron chi connectivity index (χ3n) is 3.81. The molecule has 0 atom stereocenters. The maximum Gasteiger partial charge on any atom is 0.290 e. The van der Waals surface area contributed by atoms with Crippen molar-refractivity contribution >= 4 is 22.8 Å². The van der Waals surface area contributed by atoms with Crippen molar-refractivity contribution in [2.75, 3.05) is 11.9 Å². The normalized spacial score (nSPS) is 13.7. The van der Waals surface area contributed by atoms with Crippen molar-refractivity contribution in [3.63, 3.8) is 0 Å². The Morgan fingerprint density at radius 1 is 1.41 bits per heavy atom. The molecule has 0 saturated heterocycles. The SMILES string of the molecule is Cc1cc(NCCc2nc3c(s2)CCCC3)ncc1[N+](=O)[O-]. The highest BCUT2D eigenvalue weighted by Gasteiger charge is 2.15. The van der Waals surface area contributed by atoms with Crippen LogP contribution in [-0.2, 0) is 19.3 Å². The molecule has 0 radical (unpaired) electrons. The average molecular weight is 318 g/mol. The van der Waals surface area contributed by atoms with E-state index in [-0.39, 0.29) is 5.69 Å². The average Bonchev–Trinajstić information content (AvgIpc) is 2.89. The largest absolute Gasteiger partial charge is 0.370 e. The molecule has 0 fully saturated rings. The van der Waals surface area contributed by atoms with Crippen molar-refractivity contribution < 1.29 is 4.92 Å². The topological polar surface area (TPSA) is 81.0 Å². The third kappa shape index (κ3) is 3.24. The molecule has 1 aliphatic rings. The van der Waals surface area contributed by atoms with Gasteiger partial charge in [-0.15, -0.1) is 11.3 Å². The monoisotopic (exact) mass is 318 g/mol. The van der Waals surface area contributed by atoms with Gasteiger partial charge in [0.25, 0.3) is 5.69 Å². The molecular weight excluding hydrogens is 300 g/mol. The molecule has 22 heavy (non-hydrogen) atoms. The van der Waals surface area contributed by atoms with E-state index in [1.165, 1.54) is 36.0 Å². The van der Waals surface area contributed by atoms with Crippen molar-refractivity contribution in [2.24, 2.45) is 0 Å². The van der Waals surface area contributed by atoms with Crippen LogP contribution in [0.15, 0.2) is 12.3 Å². The van der Waals surface area contributed by atoms with E-state index in [0.717, 1.165) is 24.4 Å². The first-order valence-corrected chi connectivity index (χ1v) is 8.27. The maximum atomic E-state index is 10.8. The van der Waals surface area contributed by atoms with Gasteiger partial charge < -0.3 is 5.32 Å². The van der Waals surface area contributed by atoms with Crippen LogP contribution in [0.25, 0.3) is 0 Å². The summed E-state index contributed by atoms with van der Waals surface area (Å²) >= 11 is 1.82. The maximum absolute atomic E-state index is 10.8. The molecule has 1 aliphatic carbocycles. The predicted molar refractivity (Wildman–Crippen MR) is 86.6 cm³/mol. The minimum atomic E-state index is -0.411. The van der Waals surface area contributed by atoms with E-state index < -0.39 is 4.92 Å². The standard InChI is InChI=1S/C15H18N4O2S/c1-10-8-14(17-9-12(10)19(20)21)16-7-6-15-18-11-4-2-3-5-13(11)22-15/h8-9H,2-7H2,1H3,(H,16,17). The van der Waals surface area contributed by atoms with Gasteiger partial charge in [0.15, 0.2) is 0 Å². The van der Waals surface area contributed by atoms with E-state index in [9.17, 15) is 10.1 Å². The lowest BCUT2D eigenvalue weighted by Crippen LogP contribution is -2.07. The molecule has 116 valence electrons. The minimum absolute atomic E-state index is 0.0538. The van der Waals surface area contributed by atoms with Crippen LogP contribution in [0, 0.1) is 17.0 Å². The molecule has 0 amide bonds. The fourth-order valence-corrected chi connectivity index (χ4v) is 3.80. The van der Waals surface area contributed by atoms with E-state index in [1.807, 2.05) is 11.3 Å². The molecule has 6 nitrogen and oxygen atoms in total. The van der Waals surface area contributed by atoms with Crippen LogP contribution >= 0.6 is 11.3 Å². The number of pyridine rings is 1. The van der Waals surface area contributed by atoms with E-state index in [2.05, 4.69) is 10.3 Å². The van der Waals surface area contributed by atoms with Gasteiger partial charge in [0, 0.05) is 23.4 Å². The van der Waals surface area contributed by atoms with Crippen LogP contribution in [0.2, 0.25) is 0 Å². The van der Waals surface area contributed by atoms with E-state index in [0.29, 0.717) is 11.4 Å². The summed E-state index contributed by atoms with van der Waals surface area (Å²) in [5.41, 5.74) is 1.96. The van der Waals surface area contributed by atoms with Crippen molar-refractivity contribution in [1.82, 2.24) is 9.97 Å². The lowest BCUT2D eigenvalue weighted by Gasteiger charge is -2.06. The van der Waals surface area contributed by atoms with Crippen LogP contribution in [0.1, 0.15) is 34.0 Å². The molecule has 0 aromatic carbocycles. The van der Waals surface area contributed by atoms with Crippen molar-refractivity contribution in [3.05, 3.63) is 43.5 Å². The van der Waals surface area contributed by atoms with Gasteiger partial charge in [0.05, 0.1) is 15.6 Å². The summed E-state index contributed by atoms with van der Waals surface area (Å²) < 4.78 is 0. The smallest absolute Gasteiger partial charge is 0.290 e. The summed E-state index contributed by atoms with van der Waals surface area (Å²) in [6.07, 6.45) is 6.97. The van der Waals surface area contributed by atoms with E-state index in [1.54, 1.807) is 13.0 Å². The predicted octanol–water partition coefficient (Wildman–Crippen LogP) is 3.29. The molecular formula is C15H18N4O2S. The van der Waals surface area contributed by atoms with Gasteiger partial charge in [-0.1, -0.05) is 0 Å². The summed E-state index contributed by atoms with van der Waals surface area (Å²) in [5.74, 6) is 0.671. The first-order valence-electron chi connectivity index (χ1n) is 7.46. The highest BCUT2D eigenvalue weighted by molar-refractivity contribution is 7.11. The Kier molecular flexibility index (Phi) is 4.33. The minimum Gasteiger partial charge on any atom is -0.370 e. The number of aryl methyl sites for hydroxylation is 3. The van der Waals surface area contributed by atoms with Crippen molar-refractivity contribution in [1.29, 1.82) is 0 Å². The van der Waals surface area contributed by atoms with E-state index >= 15 is 0 Å². The molecule has 0 bridgehead atoms. The number of anilines is 1. The third-order valence-corrected chi connectivity index (χ3v) is 5.03. The van der Waals surface area contributed by atoms with Crippen LogP contribution in [0.4, 0.5) is 11.5 Å². The zero-order chi connectivity index (χ0) is 15.5. The Morgan fingerprint density at radius 3 is 2.95 bits per heavy atom. The number of thiazole rings is 1. The van der Waals surface area contributed by atoms with Gasteiger partial charge in [-0.3, -0.25) is 10.1 Å². The number of nitrogens with zero attached hydrogens (tertiary/aromatic N) is 3. The van der Waals surface area contributed by atoms with Crippen LogP contribution in [-0.4, -0.2) is 21.4 Å². The molecule has 3 rings (SSSR count). The number of hydrogen-bond acceptors (Lipinski definition) is 6. The highest BCUT2D eigenvalue weighted by atomic mass is 32.1. The second-order valence-electron chi connectivity index (χ2n) is 5.47. The molecule has 0 unspecified atom stereocenters. The first kappa shape index (κ1) is 14.9. The summed E-state index contributed by atoms with van der Waals surface area (Å²) in [6.45, 7) is 2.45. The molecule has 2 aromatic rings. The number of fused-ring (bicyclic) bond motifs is 1. The lowest BCUT2D eigenvalue weighted by atomic mass is 10.0. The molecule has 7 heteroatoms. The van der Waals surface area contributed by atoms with Gasteiger partial charge in [-0.25, -0.2) is 9.97 Å². The highest BCUT2D eigenvalue weighted by Crippen LogP contribution is 2.27. The van der Waals surface area contributed by atoms with Crippen molar-refractivity contribution in [3.8, 4) is 0 Å². The number of nitrogens with one attached hydrogen (secondary N) is 1. The first-order chi connectivity index (χ1) is 10.6. The Hall–Kier alpha value is -2.02. The number of aromatic nitrogens is 2. The summed E-state index contributed by atoms with van der Waals surface area (Å²) in [4.78, 5) is 20.6. The zero-order valence-electron chi connectivity index (χ0n) is 12.5. The zero-order valence-corrected chi connectivity index (χ0v) is 13.3. The van der Waals surface area contributed by atoms with Gasteiger partial charge in [0.1, 0.15) is 12.0 Å². The van der Waals surface area contributed by atoms with Gasteiger partial charge >= 0.3 is 0 Å². The van der Waals surface area contributed by atoms with Gasteiger partial charge in [0.2, 0.25) is 0 Å². The molecule has 0 aliphatic heterocycles. The molecule has 1 N–H and O–H groups in total. The lowest BCUT2D eigenvalue weighted by molar-refractivity contribution is -0.385. The quantitative estimate of drug-likeness (QED) is 0.676. The fourth-order valence-electron chi connectivity index (χ4n) is 2.65. The molecule has 0 spiro atoms. The second kappa shape index (κ2) is 6.39. The Labute approximate surface area is 132 Å². The Balaban J connectivity index is 1.58. The van der Waals surface area contributed by atoms with Crippen LogP contribution < -0.4 is 5.32 Å². The van der Waals surface area contributed by atoms with Gasteiger partial charge in [-0.05, 0) is 38.7 Å². The summed E-state index contributed by atoms with van der Waals surface area (Å²) in [5, 5.41) is 15.1. The van der Waals surface area contributed by atoms with Crippen molar-refractivity contribution in [2.45, 2.75) is 39.0 Å². The fraction of sp³-hybridized carbons (Fsp3) is 0.467. The number of rotatable bonds is 5.